The molecule has 1 aliphatic heterocycles. The highest BCUT2D eigenvalue weighted by Gasteiger charge is 2.65. The molecule has 6 atom stereocenters. The Bertz CT molecular complexity index is 1560. The first-order valence-electron chi connectivity index (χ1n) is 14.3. The van der Waals surface area contributed by atoms with Gasteiger partial charge in [0.2, 0.25) is 11.8 Å². The van der Waals surface area contributed by atoms with Crippen molar-refractivity contribution in [2.24, 2.45) is 35.0 Å². The summed E-state index contributed by atoms with van der Waals surface area (Å²) in [6, 6.07) is 23.3. The maximum atomic E-state index is 13.8. The van der Waals surface area contributed by atoms with Gasteiger partial charge in [-0.05, 0) is 61.3 Å². The minimum absolute atomic E-state index is 0.140. The first kappa shape index (κ1) is 28.8. The van der Waals surface area contributed by atoms with Gasteiger partial charge in [-0.3, -0.25) is 14.5 Å². The number of benzene rings is 2. The van der Waals surface area contributed by atoms with E-state index in [0.717, 1.165) is 10.5 Å². The molecule has 42 heavy (non-hydrogen) atoms. The number of carbonyl (C=O) groups excluding carboxylic acids is 3. The summed E-state index contributed by atoms with van der Waals surface area (Å²) in [4.78, 5) is 42.4. The van der Waals surface area contributed by atoms with Crippen molar-refractivity contribution in [3.05, 3.63) is 82.4 Å². The molecule has 1 heterocycles. The van der Waals surface area contributed by atoms with Crippen LogP contribution in [0.2, 0.25) is 0 Å². The third-order valence-electron chi connectivity index (χ3n) is 9.68. The number of nitriles is 3. The van der Waals surface area contributed by atoms with Crippen LogP contribution in [0.5, 0.6) is 0 Å². The average Bonchev–Trinajstić information content (AvgIpc) is 3.24. The van der Waals surface area contributed by atoms with E-state index in [1.165, 1.54) is 7.05 Å². The molecule has 0 spiro atoms. The van der Waals surface area contributed by atoms with Gasteiger partial charge in [-0.1, -0.05) is 55.0 Å². The zero-order chi connectivity index (χ0) is 30.2. The molecular weight excluding hydrogens is 528 g/mol. The highest BCUT2D eigenvalue weighted by atomic mass is 16.5. The zero-order valence-corrected chi connectivity index (χ0v) is 23.9. The molecular formula is C34H32N4O4. The van der Waals surface area contributed by atoms with Crippen LogP contribution in [0.15, 0.2) is 65.7 Å². The van der Waals surface area contributed by atoms with E-state index < -0.39 is 46.9 Å². The van der Waals surface area contributed by atoms with E-state index in [-0.39, 0.29) is 24.8 Å². The fraction of sp³-hybridized carbons (Fsp3) is 0.412. The molecule has 2 aromatic rings. The fourth-order valence-electron chi connectivity index (χ4n) is 7.65. The van der Waals surface area contributed by atoms with Crippen molar-refractivity contribution >= 4 is 17.8 Å². The van der Waals surface area contributed by atoms with Gasteiger partial charge in [-0.15, -0.1) is 0 Å². The number of fused-ring (bicyclic) bond motifs is 3. The van der Waals surface area contributed by atoms with Crippen LogP contribution in [-0.2, 0) is 25.5 Å². The highest BCUT2D eigenvalue weighted by molar-refractivity contribution is 6.07. The second-order valence-electron chi connectivity index (χ2n) is 11.5. The van der Waals surface area contributed by atoms with Gasteiger partial charge < -0.3 is 4.74 Å². The number of imide groups is 1. The van der Waals surface area contributed by atoms with E-state index in [1.807, 2.05) is 30.3 Å². The summed E-state index contributed by atoms with van der Waals surface area (Å²) in [5.74, 6) is -5.29. The van der Waals surface area contributed by atoms with Gasteiger partial charge in [0.1, 0.15) is 0 Å². The van der Waals surface area contributed by atoms with Crippen LogP contribution >= 0.6 is 0 Å². The highest BCUT2D eigenvalue weighted by Crippen LogP contribution is 2.62. The molecule has 0 bridgehead atoms. The second kappa shape index (κ2) is 11.3. The van der Waals surface area contributed by atoms with Crippen LogP contribution in [0.3, 0.4) is 0 Å². The van der Waals surface area contributed by atoms with E-state index in [0.29, 0.717) is 35.1 Å². The summed E-state index contributed by atoms with van der Waals surface area (Å²) in [5, 5.41) is 30.5. The van der Waals surface area contributed by atoms with Gasteiger partial charge in [0, 0.05) is 24.5 Å². The molecule has 2 amide bonds. The summed E-state index contributed by atoms with van der Waals surface area (Å²) in [5.41, 5.74) is 1.78. The van der Waals surface area contributed by atoms with E-state index in [2.05, 4.69) is 18.2 Å². The van der Waals surface area contributed by atoms with Crippen molar-refractivity contribution in [3.63, 3.8) is 0 Å². The summed E-state index contributed by atoms with van der Waals surface area (Å²) in [6.07, 6.45) is 1.24. The van der Waals surface area contributed by atoms with E-state index in [9.17, 15) is 30.2 Å². The van der Waals surface area contributed by atoms with Crippen molar-refractivity contribution in [2.45, 2.75) is 39.0 Å². The summed E-state index contributed by atoms with van der Waals surface area (Å²) in [6.45, 7) is 3.65. The Labute approximate surface area is 245 Å². The molecule has 0 aromatic heterocycles. The number of carbonyl (C=O) groups is 3. The predicted octanol–water partition coefficient (Wildman–Crippen LogP) is 4.68. The summed E-state index contributed by atoms with van der Waals surface area (Å²) in [7, 11) is 1.47. The molecule has 0 radical (unpaired) electrons. The molecule has 1 saturated carbocycles. The van der Waals surface area contributed by atoms with Gasteiger partial charge in [0.25, 0.3) is 0 Å². The predicted molar refractivity (Wildman–Crippen MR) is 151 cm³/mol. The first-order valence-corrected chi connectivity index (χ1v) is 14.3. The lowest BCUT2D eigenvalue weighted by atomic mass is 9.48. The standard InChI is InChI=1S/C34H32N4O4/c1-4-42-33(41)28-24(15-12-21-8-6-5-7-9-21)29-30(32(40)38(3)31(29)39)27-20(2)34(18-36,19-37)26(16-25(27)28)23-13-10-22(17-35)11-14-23/h5-11,13-14,20,24,26-27,29-30H,4,12,15-16H2,1-3H3/t20?,24-,26-,27+,29-,30+/m0/s1. The average molecular weight is 561 g/mol. The van der Waals surface area contributed by atoms with Crippen molar-refractivity contribution < 1.29 is 19.1 Å². The van der Waals surface area contributed by atoms with Crippen LogP contribution in [0.1, 0.15) is 49.3 Å². The second-order valence-corrected chi connectivity index (χ2v) is 11.5. The molecule has 3 aliphatic rings. The lowest BCUT2D eigenvalue weighted by Crippen LogP contribution is -2.51. The minimum atomic E-state index is -1.53. The molecule has 2 aliphatic carbocycles. The number of amides is 2. The number of rotatable bonds is 6. The molecule has 8 heteroatoms. The van der Waals surface area contributed by atoms with Gasteiger partial charge >= 0.3 is 5.97 Å². The SMILES string of the molecule is CCOC(=O)C1=C2C[C@@H](c3ccc(C#N)cc3)C(C#N)(C#N)C(C)[C@H]2[C@H]2C(=O)N(C)C(=O)[C@H]2[C@H]1CCc1ccccc1. The van der Waals surface area contributed by atoms with Gasteiger partial charge in [0.15, 0.2) is 5.41 Å². The fourth-order valence-corrected chi connectivity index (χ4v) is 7.65. The van der Waals surface area contributed by atoms with E-state index in [1.54, 1.807) is 38.1 Å². The molecule has 8 nitrogen and oxygen atoms in total. The maximum absolute atomic E-state index is 13.8. The number of hydrogen-bond acceptors (Lipinski definition) is 7. The number of hydrogen-bond donors (Lipinski definition) is 0. The van der Waals surface area contributed by atoms with Crippen molar-refractivity contribution in [3.8, 4) is 18.2 Å². The number of allylic oxidation sites excluding steroid dienone is 1. The Kier molecular flexibility index (Phi) is 7.72. The van der Waals surface area contributed by atoms with Crippen LogP contribution in [0.25, 0.3) is 0 Å². The van der Waals surface area contributed by atoms with Crippen LogP contribution in [0.4, 0.5) is 0 Å². The molecule has 212 valence electrons. The Morgan fingerprint density at radius 1 is 0.976 bits per heavy atom. The lowest BCUT2D eigenvalue weighted by Gasteiger charge is -2.51. The third-order valence-corrected chi connectivity index (χ3v) is 9.68. The Balaban J connectivity index is 1.73. The van der Waals surface area contributed by atoms with Gasteiger partial charge in [-0.25, -0.2) is 4.79 Å². The minimum Gasteiger partial charge on any atom is -0.463 e. The van der Waals surface area contributed by atoms with E-state index in [4.69, 9.17) is 4.74 Å². The lowest BCUT2D eigenvalue weighted by molar-refractivity contribution is -0.141. The molecule has 1 saturated heterocycles. The van der Waals surface area contributed by atoms with Crippen molar-refractivity contribution in [1.29, 1.82) is 15.8 Å². The Morgan fingerprint density at radius 3 is 2.21 bits per heavy atom. The monoisotopic (exact) mass is 560 g/mol. The normalized spacial score (nSPS) is 27.8. The third kappa shape index (κ3) is 4.38. The quantitative estimate of drug-likeness (QED) is 0.370. The number of ether oxygens (including phenoxy) is 1. The Hall–Kier alpha value is -4.74. The molecule has 1 unspecified atom stereocenters. The Morgan fingerprint density at radius 2 is 1.62 bits per heavy atom. The van der Waals surface area contributed by atoms with Gasteiger partial charge in [0.05, 0.1) is 42.2 Å². The topological polar surface area (TPSA) is 135 Å². The van der Waals surface area contributed by atoms with Crippen LogP contribution < -0.4 is 0 Å². The number of likely N-dealkylation sites (tertiary alicyclic amines) is 1. The summed E-state index contributed by atoms with van der Waals surface area (Å²) < 4.78 is 5.59. The summed E-state index contributed by atoms with van der Waals surface area (Å²) >= 11 is 0. The van der Waals surface area contributed by atoms with Gasteiger partial charge in [-0.2, -0.15) is 15.8 Å². The molecule has 2 fully saturated rings. The maximum Gasteiger partial charge on any atom is 0.334 e. The molecule has 0 N–H and O–H groups in total. The number of nitrogens with zero attached hydrogens (tertiary/aromatic N) is 4. The first-order chi connectivity index (χ1) is 20.2. The smallest absolute Gasteiger partial charge is 0.334 e. The van der Waals surface area contributed by atoms with Crippen molar-refractivity contribution in [1.82, 2.24) is 4.90 Å². The largest absolute Gasteiger partial charge is 0.463 e. The van der Waals surface area contributed by atoms with E-state index >= 15 is 0 Å². The number of esters is 1. The van der Waals surface area contributed by atoms with Crippen molar-refractivity contribution in [2.75, 3.05) is 13.7 Å². The van der Waals surface area contributed by atoms with Crippen LogP contribution in [0, 0.1) is 69.0 Å². The van der Waals surface area contributed by atoms with Crippen LogP contribution in [-0.4, -0.2) is 36.3 Å². The zero-order valence-electron chi connectivity index (χ0n) is 23.9. The molecule has 2 aromatic carbocycles. The number of aryl methyl sites for hydroxylation is 1. The molecule has 5 rings (SSSR count).